The van der Waals surface area contributed by atoms with Crippen LogP contribution in [-0.4, -0.2) is 10.7 Å². The van der Waals surface area contributed by atoms with Crippen molar-refractivity contribution in [2.75, 3.05) is 0 Å². The number of dihydropyridines is 1. The summed E-state index contributed by atoms with van der Waals surface area (Å²) in [6.45, 7) is 0. The molecule has 1 N–H and O–H groups in total. The molecule has 0 bridgehead atoms. The van der Waals surface area contributed by atoms with Crippen LogP contribution >= 0.6 is 27.5 Å². The highest BCUT2D eigenvalue weighted by Crippen LogP contribution is 2.41. The van der Waals surface area contributed by atoms with Gasteiger partial charge in [-0.15, -0.1) is 0 Å². The lowest BCUT2D eigenvalue weighted by molar-refractivity contribution is 0.623. The molecule has 0 radical (unpaired) electrons. The third-order valence-corrected chi connectivity index (χ3v) is 3.44. The molecule has 76 valence electrons. The van der Waals surface area contributed by atoms with Crippen LogP contribution in [0.15, 0.2) is 51.2 Å². The number of allylic oxidation sites excluding steroid dienone is 3. The van der Waals surface area contributed by atoms with Crippen molar-refractivity contribution in [3.05, 3.63) is 46.3 Å². The summed E-state index contributed by atoms with van der Waals surface area (Å²) in [5.41, 5.74) is 1.93. The first kappa shape index (κ1) is 9.43. The minimum absolute atomic E-state index is 0.282. The minimum Gasteiger partial charge on any atom is -0.361 e. The van der Waals surface area contributed by atoms with Crippen molar-refractivity contribution in [3.8, 4) is 0 Å². The highest BCUT2D eigenvalue weighted by molar-refractivity contribution is 9.11. The molecule has 0 fully saturated rings. The van der Waals surface area contributed by atoms with Crippen molar-refractivity contribution in [1.29, 1.82) is 0 Å². The maximum absolute atomic E-state index is 5.91. The predicted octanol–water partition coefficient (Wildman–Crippen LogP) is 2.99. The number of hydrogen-bond acceptors (Lipinski definition) is 2. The summed E-state index contributed by atoms with van der Waals surface area (Å²) in [4.78, 5) is 4.37. The van der Waals surface area contributed by atoms with Crippen LogP contribution in [-0.2, 0) is 0 Å². The molecule has 3 aliphatic rings. The second-order valence-corrected chi connectivity index (χ2v) is 4.92. The zero-order valence-corrected chi connectivity index (χ0v) is 10.1. The highest BCUT2D eigenvalue weighted by Gasteiger charge is 2.42. The molecule has 0 aromatic carbocycles. The van der Waals surface area contributed by atoms with E-state index in [0.29, 0.717) is 5.17 Å². The van der Waals surface area contributed by atoms with E-state index in [4.69, 9.17) is 11.6 Å². The number of halogens is 2. The first-order chi connectivity index (χ1) is 7.21. The fraction of sp³-hybridized carbons (Fsp3) is 0.182. The largest absolute Gasteiger partial charge is 0.361 e. The van der Waals surface area contributed by atoms with E-state index in [9.17, 15) is 0 Å². The molecule has 0 aromatic rings. The zero-order chi connectivity index (χ0) is 10.5. The van der Waals surface area contributed by atoms with E-state index in [0.717, 1.165) is 16.7 Å². The van der Waals surface area contributed by atoms with E-state index in [2.05, 4.69) is 50.5 Å². The lowest BCUT2D eigenvalue weighted by Crippen LogP contribution is -2.43. The second-order valence-electron chi connectivity index (χ2n) is 3.68. The van der Waals surface area contributed by atoms with Gasteiger partial charge in [0.15, 0.2) is 0 Å². The van der Waals surface area contributed by atoms with Crippen LogP contribution in [0.2, 0.25) is 0 Å². The quantitative estimate of drug-likeness (QED) is 0.679. The zero-order valence-electron chi connectivity index (χ0n) is 7.80. The van der Waals surface area contributed by atoms with E-state index >= 15 is 0 Å². The lowest BCUT2D eigenvalue weighted by Gasteiger charge is -2.33. The monoisotopic (exact) mass is 282 g/mol. The standard InChI is InChI=1S/C11H8BrClN2/c12-9-6-7-2-1-3-8-11(7,15-9)5-4-10(13)14-8/h2-6,15H,1H2. The normalized spacial score (nSPS) is 31.9. The van der Waals surface area contributed by atoms with Gasteiger partial charge >= 0.3 is 0 Å². The summed E-state index contributed by atoms with van der Waals surface area (Å²) in [7, 11) is 0. The molecule has 2 nitrogen and oxygen atoms in total. The Bertz CT molecular complexity index is 485. The average Bonchev–Trinajstić information content (AvgIpc) is 2.52. The van der Waals surface area contributed by atoms with Gasteiger partial charge in [-0.3, -0.25) is 0 Å². The Morgan fingerprint density at radius 1 is 1.47 bits per heavy atom. The Labute approximate surface area is 101 Å². The molecule has 1 aliphatic carbocycles. The Morgan fingerprint density at radius 2 is 2.33 bits per heavy atom. The molecule has 1 unspecified atom stereocenters. The molecule has 2 aliphatic heterocycles. The van der Waals surface area contributed by atoms with E-state index < -0.39 is 0 Å². The van der Waals surface area contributed by atoms with Gasteiger partial charge in [-0.25, -0.2) is 4.99 Å². The van der Waals surface area contributed by atoms with Gasteiger partial charge < -0.3 is 5.32 Å². The molecule has 3 rings (SSSR count). The maximum atomic E-state index is 5.91. The van der Waals surface area contributed by atoms with Gasteiger partial charge in [0, 0.05) is 0 Å². The summed E-state index contributed by atoms with van der Waals surface area (Å²) in [6.07, 6.45) is 11.2. The third kappa shape index (κ3) is 1.26. The minimum atomic E-state index is -0.282. The number of nitrogens with one attached hydrogen (secondary N) is 1. The van der Waals surface area contributed by atoms with Crippen molar-refractivity contribution in [2.45, 2.75) is 12.0 Å². The van der Waals surface area contributed by atoms with Crippen LogP contribution in [0.4, 0.5) is 0 Å². The topological polar surface area (TPSA) is 24.4 Å². The van der Waals surface area contributed by atoms with Crippen LogP contribution in [0.3, 0.4) is 0 Å². The van der Waals surface area contributed by atoms with Gasteiger partial charge in [0.1, 0.15) is 10.7 Å². The first-order valence-corrected chi connectivity index (χ1v) is 5.88. The molecule has 0 aromatic heterocycles. The SMILES string of the molecule is ClC1=NC2=CCC=C3C=C(Br)NC32C=C1. The lowest BCUT2D eigenvalue weighted by atomic mass is 9.82. The average molecular weight is 284 g/mol. The molecule has 0 saturated carbocycles. The van der Waals surface area contributed by atoms with E-state index in [1.807, 2.05) is 6.08 Å². The third-order valence-electron chi connectivity index (χ3n) is 2.81. The van der Waals surface area contributed by atoms with E-state index in [1.54, 1.807) is 0 Å². The summed E-state index contributed by atoms with van der Waals surface area (Å²) < 4.78 is 0.986. The number of aliphatic imine (C=N–C) groups is 1. The maximum Gasteiger partial charge on any atom is 0.129 e. The van der Waals surface area contributed by atoms with Crippen molar-refractivity contribution in [3.63, 3.8) is 0 Å². The summed E-state index contributed by atoms with van der Waals surface area (Å²) in [6, 6.07) is 0. The van der Waals surface area contributed by atoms with Gasteiger partial charge in [-0.1, -0.05) is 23.8 Å². The van der Waals surface area contributed by atoms with Gasteiger partial charge in [-0.05, 0) is 46.2 Å². The highest BCUT2D eigenvalue weighted by atomic mass is 79.9. The van der Waals surface area contributed by atoms with Crippen LogP contribution in [0.5, 0.6) is 0 Å². The Morgan fingerprint density at radius 3 is 3.20 bits per heavy atom. The van der Waals surface area contributed by atoms with Crippen molar-refractivity contribution in [1.82, 2.24) is 5.32 Å². The molecule has 4 heteroatoms. The smallest absolute Gasteiger partial charge is 0.129 e. The van der Waals surface area contributed by atoms with Gasteiger partial charge in [0.05, 0.1) is 10.3 Å². The van der Waals surface area contributed by atoms with Crippen LogP contribution < -0.4 is 5.32 Å². The van der Waals surface area contributed by atoms with Crippen molar-refractivity contribution in [2.24, 2.45) is 4.99 Å². The molecule has 1 spiro atoms. The fourth-order valence-electron chi connectivity index (χ4n) is 2.14. The van der Waals surface area contributed by atoms with Crippen molar-refractivity contribution >= 4 is 32.7 Å². The number of rotatable bonds is 0. The molecular formula is C11H8BrClN2. The fourth-order valence-corrected chi connectivity index (χ4v) is 2.85. The van der Waals surface area contributed by atoms with Gasteiger partial charge in [0.2, 0.25) is 0 Å². The van der Waals surface area contributed by atoms with E-state index in [1.165, 1.54) is 5.57 Å². The van der Waals surface area contributed by atoms with E-state index in [-0.39, 0.29) is 5.54 Å². The first-order valence-electron chi connectivity index (χ1n) is 4.71. The Kier molecular flexibility index (Phi) is 1.94. The molecule has 15 heavy (non-hydrogen) atoms. The van der Waals surface area contributed by atoms with Crippen LogP contribution in [0.25, 0.3) is 0 Å². The molecular weight excluding hydrogens is 275 g/mol. The van der Waals surface area contributed by atoms with Crippen LogP contribution in [0.1, 0.15) is 6.42 Å². The Balaban J connectivity index is 2.15. The molecule has 2 heterocycles. The van der Waals surface area contributed by atoms with Crippen LogP contribution in [0, 0.1) is 0 Å². The molecule has 0 saturated heterocycles. The number of hydrogen-bond donors (Lipinski definition) is 1. The number of nitrogens with zero attached hydrogens (tertiary/aromatic N) is 1. The van der Waals surface area contributed by atoms with Gasteiger partial charge in [-0.2, -0.15) is 0 Å². The summed E-state index contributed by atoms with van der Waals surface area (Å²) in [5, 5.41) is 3.92. The molecule has 1 atom stereocenters. The van der Waals surface area contributed by atoms with Gasteiger partial charge in [0.25, 0.3) is 0 Å². The van der Waals surface area contributed by atoms with Crippen molar-refractivity contribution < 1.29 is 0 Å². The molecule has 0 amide bonds. The predicted molar refractivity (Wildman–Crippen MR) is 66.1 cm³/mol. The second kappa shape index (κ2) is 3.09. The summed E-state index contributed by atoms with van der Waals surface area (Å²) >= 11 is 9.37. The summed E-state index contributed by atoms with van der Waals surface area (Å²) in [5.74, 6) is 0. The Hall–Kier alpha value is -0.800.